The van der Waals surface area contributed by atoms with E-state index in [1.54, 1.807) is 0 Å². The molecule has 18 heavy (non-hydrogen) atoms. The number of likely N-dealkylation sites (tertiary alicyclic amines) is 1. The van der Waals surface area contributed by atoms with Gasteiger partial charge in [-0.1, -0.05) is 6.92 Å². The average Bonchev–Trinajstić information content (AvgIpc) is 2.94. The van der Waals surface area contributed by atoms with Crippen LogP contribution >= 0.6 is 0 Å². The molecule has 7 atom stereocenters. The minimum atomic E-state index is -0.419. The van der Waals surface area contributed by atoms with Crippen LogP contribution in [0, 0.1) is 23.7 Å². The summed E-state index contributed by atoms with van der Waals surface area (Å²) in [5.41, 5.74) is -0.419. The molecule has 4 heteroatoms. The number of hydrogen-bond donors (Lipinski definition) is 1. The Morgan fingerprint density at radius 2 is 2.22 bits per heavy atom. The molecule has 0 spiro atoms. The second-order valence-corrected chi connectivity index (χ2v) is 6.69. The van der Waals surface area contributed by atoms with Crippen LogP contribution in [0.1, 0.15) is 33.6 Å². The van der Waals surface area contributed by atoms with Crippen LogP contribution in [-0.4, -0.2) is 39.9 Å². The lowest BCUT2D eigenvalue weighted by Gasteiger charge is -2.40. The maximum absolute atomic E-state index is 12.7. The van der Waals surface area contributed by atoms with Crippen molar-refractivity contribution in [2.45, 2.75) is 57.6 Å². The summed E-state index contributed by atoms with van der Waals surface area (Å²) in [6.45, 7) is 6.24. The highest BCUT2D eigenvalue weighted by molar-refractivity contribution is 5.84. The Balaban J connectivity index is 1.87. The Kier molecular flexibility index (Phi) is 1.93. The van der Waals surface area contributed by atoms with E-state index in [0.717, 1.165) is 12.8 Å². The Bertz CT molecular complexity index is 423. The van der Waals surface area contributed by atoms with E-state index in [1.807, 2.05) is 4.90 Å². The van der Waals surface area contributed by atoms with Crippen molar-refractivity contribution in [1.82, 2.24) is 4.90 Å². The maximum Gasteiger partial charge on any atom is 0.229 e. The van der Waals surface area contributed by atoms with E-state index >= 15 is 0 Å². The van der Waals surface area contributed by atoms with Gasteiger partial charge in [0.05, 0.1) is 18.1 Å². The highest BCUT2D eigenvalue weighted by atomic mass is 16.6. The number of fused-ring (bicyclic) bond motifs is 2. The number of aliphatic hydroxyl groups is 1. The van der Waals surface area contributed by atoms with Crippen LogP contribution in [0.25, 0.3) is 0 Å². The lowest BCUT2D eigenvalue weighted by atomic mass is 9.76. The molecular weight excluding hydrogens is 230 g/mol. The van der Waals surface area contributed by atoms with Gasteiger partial charge >= 0.3 is 0 Å². The van der Waals surface area contributed by atoms with Gasteiger partial charge in [-0.25, -0.2) is 0 Å². The predicted molar refractivity (Wildman–Crippen MR) is 64.5 cm³/mol. The first-order valence-electron chi connectivity index (χ1n) is 7.22. The maximum atomic E-state index is 12.7. The van der Waals surface area contributed by atoms with E-state index < -0.39 is 11.8 Å². The van der Waals surface area contributed by atoms with Crippen LogP contribution in [0.4, 0.5) is 0 Å². The summed E-state index contributed by atoms with van der Waals surface area (Å²) in [7, 11) is 0. The molecule has 1 N–H and O–H groups in total. The Morgan fingerprint density at radius 3 is 2.83 bits per heavy atom. The number of ether oxygens (including phenoxy) is 1. The predicted octanol–water partition coefficient (Wildman–Crippen LogP) is 0.985. The normalized spacial score (nSPS) is 56.3. The van der Waals surface area contributed by atoms with Crippen molar-refractivity contribution in [1.29, 1.82) is 0 Å². The molecule has 4 fully saturated rings. The Hall–Kier alpha value is -0.610. The SMILES string of the molecule is CC[C@]12O[C@@H]3[C@H](O)[C@H]4C[C@H]3[C@H]1[C@H]4C(=O)N2C(C)C. The lowest BCUT2D eigenvalue weighted by molar-refractivity contribution is -0.184. The molecule has 1 amide bonds. The smallest absolute Gasteiger partial charge is 0.229 e. The quantitative estimate of drug-likeness (QED) is 0.796. The number of carbonyl (C=O) groups is 1. The molecule has 0 aromatic carbocycles. The van der Waals surface area contributed by atoms with Crippen molar-refractivity contribution in [3.05, 3.63) is 0 Å². The van der Waals surface area contributed by atoms with Gasteiger partial charge in [0.2, 0.25) is 5.91 Å². The van der Waals surface area contributed by atoms with Gasteiger partial charge in [-0.15, -0.1) is 0 Å². The zero-order valence-corrected chi connectivity index (χ0v) is 11.2. The van der Waals surface area contributed by atoms with E-state index in [4.69, 9.17) is 4.74 Å². The summed E-state index contributed by atoms with van der Waals surface area (Å²) < 4.78 is 6.28. The summed E-state index contributed by atoms with van der Waals surface area (Å²) in [5.74, 6) is 1.13. The minimum absolute atomic E-state index is 0.0195. The van der Waals surface area contributed by atoms with Gasteiger partial charge in [0, 0.05) is 12.0 Å². The molecule has 4 nitrogen and oxygen atoms in total. The van der Waals surface area contributed by atoms with Gasteiger partial charge in [0.1, 0.15) is 5.72 Å². The molecule has 0 aromatic rings. The molecule has 2 bridgehead atoms. The molecular formula is C14H21NO3. The molecule has 2 saturated carbocycles. The number of carbonyl (C=O) groups excluding carboxylic acids is 1. The van der Waals surface area contributed by atoms with Crippen LogP contribution in [0.15, 0.2) is 0 Å². The largest absolute Gasteiger partial charge is 0.390 e. The highest BCUT2D eigenvalue weighted by Gasteiger charge is 2.77. The van der Waals surface area contributed by atoms with Gasteiger partial charge in [0.25, 0.3) is 0 Å². The van der Waals surface area contributed by atoms with Crippen molar-refractivity contribution in [3.8, 4) is 0 Å². The number of aliphatic hydroxyl groups excluding tert-OH is 1. The molecule has 0 aromatic heterocycles. The van der Waals surface area contributed by atoms with Crippen molar-refractivity contribution in [2.75, 3.05) is 0 Å². The zero-order valence-electron chi connectivity index (χ0n) is 11.2. The van der Waals surface area contributed by atoms with E-state index in [2.05, 4.69) is 20.8 Å². The van der Waals surface area contributed by atoms with E-state index in [-0.39, 0.29) is 29.9 Å². The van der Waals surface area contributed by atoms with Crippen molar-refractivity contribution in [3.63, 3.8) is 0 Å². The van der Waals surface area contributed by atoms with Gasteiger partial charge in [-0.05, 0) is 38.5 Å². The Labute approximate surface area is 107 Å². The monoisotopic (exact) mass is 251 g/mol. The fourth-order valence-corrected chi connectivity index (χ4v) is 5.50. The van der Waals surface area contributed by atoms with Crippen LogP contribution in [0.5, 0.6) is 0 Å². The molecule has 2 saturated heterocycles. The van der Waals surface area contributed by atoms with Gasteiger partial charge in [-0.2, -0.15) is 0 Å². The summed E-state index contributed by atoms with van der Waals surface area (Å²) in [6.07, 6.45) is 1.39. The first kappa shape index (κ1) is 11.2. The molecule has 0 unspecified atom stereocenters. The first-order valence-corrected chi connectivity index (χ1v) is 7.22. The van der Waals surface area contributed by atoms with Crippen molar-refractivity contribution >= 4 is 5.91 Å². The molecule has 4 aliphatic rings. The molecule has 2 heterocycles. The number of rotatable bonds is 2. The van der Waals surface area contributed by atoms with Gasteiger partial charge in [-0.3, -0.25) is 4.79 Å². The molecule has 4 rings (SSSR count). The second-order valence-electron chi connectivity index (χ2n) is 6.69. The topological polar surface area (TPSA) is 49.8 Å². The zero-order chi connectivity index (χ0) is 12.8. The number of hydrogen-bond acceptors (Lipinski definition) is 3. The fourth-order valence-electron chi connectivity index (χ4n) is 5.50. The molecule has 100 valence electrons. The Morgan fingerprint density at radius 1 is 1.50 bits per heavy atom. The first-order chi connectivity index (χ1) is 8.53. The number of amides is 1. The minimum Gasteiger partial charge on any atom is -0.390 e. The third kappa shape index (κ3) is 0.904. The summed E-state index contributed by atoms with van der Waals surface area (Å²) >= 11 is 0. The summed E-state index contributed by atoms with van der Waals surface area (Å²) in [4.78, 5) is 14.7. The van der Waals surface area contributed by atoms with Crippen LogP contribution < -0.4 is 0 Å². The van der Waals surface area contributed by atoms with Crippen molar-refractivity contribution < 1.29 is 14.6 Å². The van der Waals surface area contributed by atoms with Gasteiger partial charge in [0.15, 0.2) is 0 Å². The molecule has 0 radical (unpaired) electrons. The van der Waals surface area contributed by atoms with E-state index in [9.17, 15) is 9.90 Å². The van der Waals surface area contributed by atoms with E-state index in [0.29, 0.717) is 11.8 Å². The number of nitrogens with zero attached hydrogens (tertiary/aromatic N) is 1. The summed E-state index contributed by atoms with van der Waals surface area (Å²) in [5, 5.41) is 10.3. The van der Waals surface area contributed by atoms with Gasteiger partial charge < -0.3 is 14.7 Å². The fraction of sp³-hybridized carbons (Fsp3) is 0.929. The second kappa shape index (κ2) is 3.10. The average molecular weight is 251 g/mol. The standard InChI is InChI=1S/C14H21NO3/c1-4-14-10-8-5-7(11(16)12(8)18-14)9(10)13(17)15(14)6(2)3/h6-12,16H,4-5H2,1-3H3/t7-,8-,9-,10-,11+,12-,14-/m0/s1. The van der Waals surface area contributed by atoms with E-state index in [1.165, 1.54) is 0 Å². The third-order valence-corrected chi connectivity index (χ3v) is 5.87. The van der Waals surface area contributed by atoms with Crippen LogP contribution in [0.3, 0.4) is 0 Å². The van der Waals surface area contributed by atoms with Crippen LogP contribution in [-0.2, 0) is 9.53 Å². The lowest BCUT2D eigenvalue weighted by Crippen LogP contribution is -2.53. The molecule has 2 aliphatic heterocycles. The third-order valence-electron chi connectivity index (χ3n) is 5.87. The van der Waals surface area contributed by atoms with Crippen LogP contribution in [0.2, 0.25) is 0 Å². The summed E-state index contributed by atoms with van der Waals surface area (Å²) in [6, 6.07) is 0.179. The highest BCUT2D eigenvalue weighted by Crippen LogP contribution is 2.68. The van der Waals surface area contributed by atoms with Crippen molar-refractivity contribution in [2.24, 2.45) is 23.7 Å². The molecule has 2 aliphatic carbocycles.